The molecule has 0 amide bonds. The Hall–Kier alpha value is -2.77. The minimum Gasteiger partial charge on any atom is -0.353 e. The Balaban J connectivity index is 1.40. The van der Waals surface area contributed by atoms with Crippen molar-refractivity contribution in [3.05, 3.63) is 76.2 Å². The third-order valence-electron chi connectivity index (χ3n) is 5.76. The Morgan fingerprint density at radius 3 is 2.87 bits per heavy atom. The summed E-state index contributed by atoms with van der Waals surface area (Å²) < 4.78 is 27.4. The Bertz CT molecular complexity index is 1140. The van der Waals surface area contributed by atoms with E-state index < -0.39 is 0 Å². The average molecular weight is 439 g/mol. The highest BCUT2D eigenvalue weighted by atomic mass is 32.1. The number of aryl methyl sites for hydroxylation is 2. The molecule has 2 N–H and O–H groups in total. The second-order valence-electron chi connectivity index (χ2n) is 8.09. The third-order valence-corrected chi connectivity index (χ3v) is 6.72. The van der Waals surface area contributed by atoms with Crippen LogP contribution in [-0.2, 0) is 6.42 Å². The molecule has 0 saturated carbocycles. The third kappa shape index (κ3) is 4.34. The van der Waals surface area contributed by atoms with Crippen molar-refractivity contribution < 1.29 is 8.78 Å². The van der Waals surface area contributed by atoms with E-state index in [1.165, 1.54) is 23.1 Å². The van der Waals surface area contributed by atoms with Gasteiger partial charge in [-0.25, -0.2) is 13.8 Å². The number of thiophene rings is 1. The maximum absolute atomic E-state index is 13.9. The number of halogens is 2. The number of nitrogens with one attached hydrogen (secondary N) is 2. The van der Waals surface area contributed by atoms with E-state index in [1.54, 1.807) is 29.5 Å². The van der Waals surface area contributed by atoms with Gasteiger partial charge in [-0.2, -0.15) is 0 Å². The van der Waals surface area contributed by atoms with E-state index in [2.05, 4.69) is 28.5 Å². The standard InChI is InChI=1S/C24H24F2N4S/c1-15-11-20-23(28-22-13-18(26)6-8-21(22)29-24(20)31-15)30-10-9-27-19(14-30)7-5-16-3-2-4-17(25)12-16/h2-4,6,8,11-13,19,27,29H,5,7,9-10,14H2,1H3. The van der Waals surface area contributed by atoms with Crippen molar-refractivity contribution in [2.24, 2.45) is 4.99 Å². The molecule has 1 saturated heterocycles. The molecule has 2 aliphatic rings. The van der Waals surface area contributed by atoms with E-state index >= 15 is 0 Å². The maximum atomic E-state index is 13.9. The van der Waals surface area contributed by atoms with Crippen molar-refractivity contribution >= 4 is 33.5 Å². The Kier molecular flexibility index (Phi) is 5.46. The molecular formula is C24H24F2N4S. The van der Waals surface area contributed by atoms with Gasteiger partial charge in [0.25, 0.3) is 0 Å². The molecule has 3 aromatic rings. The molecule has 2 aliphatic heterocycles. The molecule has 2 aromatic carbocycles. The van der Waals surface area contributed by atoms with Crippen LogP contribution in [-0.4, -0.2) is 36.4 Å². The van der Waals surface area contributed by atoms with Gasteiger partial charge < -0.3 is 15.5 Å². The zero-order valence-electron chi connectivity index (χ0n) is 17.3. The summed E-state index contributed by atoms with van der Waals surface area (Å²) in [5, 5.41) is 8.06. The molecule has 7 heteroatoms. The van der Waals surface area contributed by atoms with Crippen molar-refractivity contribution in [2.75, 3.05) is 25.0 Å². The molecule has 0 radical (unpaired) electrons. The zero-order chi connectivity index (χ0) is 21.4. The number of piperazine rings is 1. The number of benzene rings is 2. The summed E-state index contributed by atoms with van der Waals surface area (Å²) in [6.45, 7) is 4.56. The zero-order valence-corrected chi connectivity index (χ0v) is 18.1. The fourth-order valence-corrected chi connectivity index (χ4v) is 5.18. The van der Waals surface area contributed by atoms with Crippen LogP contribution in [0.1, 0.15) is 22.4 Å². The SMILES string of the molecule is Cc1cc2c(s1)Nc1ccc(F)cc1N=C2N1CCNC(CCc2cccc(F)c2)C1. The van der Waals surface area contributed by atoms with Crippen LogP contribution in [0.25, 0.3) is 0 Å². The van der Waals surface area contributed by atoms with E-state index in [0.717, 1.165) is 60.1 Å². The van der Waals surface area contributed by atoms with E-state index in [9.17, 15) is 8.78 Å². The average Bonchev–Trinajstić information content (AvgIpc) is 3.05. The highest BCUT2D eigenvalue weighted by Crippen LogP contribution is 2.39. The monoisotopic (exact) mass is 438 g/mol. The minimum atomic E-state index is -0.293. The second-order valence-corrected chi connectivity index (χ2v) is 9.34. The Morgan fingerprint density at radius 1 is 1.13 bits per heavy atom. The van der Waals surface area contributed by atoms with Crippen LogP contribution in [0.5, 0.6) is 0 Å². The predicted molar refractivity (Wildman–Crippen MR) is 123 cm³/mol. The van der Waals surface area contributed by atoms with Gasteiger partial charge in [0.05, 0.1) is 16.9 Å². The first kappa shape index (κ1) is 20.2. The summed E-state index contributed by atoms with van der Waals surface area (Å²) in [5.41, 5.74) is 3.50. The molecule has 1 fully saturated rings. The number of rotatable bonds is 3. The summed E-state index contributed by atoms with van der Waals surface area (Å²) in [4.78, 5) is 8.41. The van der Waals surface area contributed by atoms with Gasteiger partial charge in [-0.3, -0.25) is 0 Å². The lowest BCUT2D eigenvalue weighted by atomic mass is 10.0. The molecule has 1 atom stereocenters. The smallest absolute Gasteiger partial charge is 0.139 e. The molecular weight excluding hydrogens is 414 g/mol. The first-order valence-electron chi connectivity index (χ1n) is 10.5. The fourth-order valence-electron chi connectivity index (χ4n) is 4.26. The second kappa shape index (κ2) is 8.40. The minimum absolute atomic E-state index is 0.192. The van der Waals surface area contributed by atoms with Crippen LogP contribution in [0.2, 0.25) is 0 Å². The molecule has 3 heterocycles. The van der Waals surface area contributed by atoms with Crippen LogP contribution < -0.4 is 10.6 Å². The van der Waals surface area contributed by atoms with Crippen LogP contribution in [0.3, 0.4) is 0 Å². The molecule has 4 nitrogen and oxygen atoms in total. The van der Waals surface area contributed by atoms with Crippen LogP contribution in [0.15, 0.2) is 53.5 Å². The molecule has 5 rings (SSSR count). The summed E-state index contributed by atoms with van der Waals surface area (Å²) in [5.74, 6) is 0.397. The summed E-state index contributed by atoms with van der Waals surface area (Å²) in [7, 11) is 0. The Morgan fingerprint density at radius 2 is 2.00 bits per heavy atom. The maximum Gasteiger partial charge on any atom is 0.139 e. The summed E-state index contributed by atoms with van der Waals surface area (Å²) in [6.07, 6.45) is 1.72. The first-order valence-corrected chi connectivity index (χ1v) is 11.4. The van der Waals surface area contributed by atoms with Gasteiger partial charge in [0, 0.05) is 36.6 Å². The van der Waals surface area contributed by atoms with Crippen molar-refractivity contribution in [3.8, 4) is 0 Å². The molecule has 160 valence electrons. The highest BCUT2D eigenvalue weighted by Gasteiger charge is 2.27. The van der Waals surface area contributed by atoms with E-state index in [4.69, 9.17) is 4.99 Å². The van der Waals surface area contributed by atoms with Gasteiger partial charge in [-0.05, 0) is 55.7 Å². The number of amidine groups is 1. The van der Waals surface area contributed by atoms with Gasteiger partial charge in [0.15, 0.2) is 0 Å². The lowest BCUT2D eigenvalue weighted by Crippen LogP contribution is -2.52. The molecule has 1 unspecified atom stereocenters. The van der Waals surface area contributed by atoms with Gasteiger partial charge in [0.1, 0.15) is 22.5 Å². The molecule has 1 aromatic heterocycles. The van der Waals surface area contributed by atoms with Crippen molar-refractivity contribution in [1.29, 1.82) is 0 Å². The molecule has 31 heavy (non-hydrogen) atoms. The van der Waals surface area contributed by atoms with E-state index in [-0.39, 0.29) is 17.7 Å². The van der Waals surface area contributed by atoms with Crippen LogP contribution >= 0.6 is 11.3 Å². The number of anilines is 2. The van der Waals surface area contributed by atoms with Gasteiger partial charge in [-0.1, -0.05) is 12.1 Å². The number of hydrogen-bond donors (Lipinski definition) is 2. The fraction of sp³-hybridized carbons (Fsp3) is 0.292. The van der Waals surface area contributed by atoms with Crippen LogP contribution in [0.4, 0.5) is 25.2 Å². The first-order chi connectivity index (χ1) is 15.0. The number of nitrogens with zero attached hydrogens (tertiary/aromatic N) is 2. The lowest BCUT2D eigenvalue weighted by molar-refractivity contribution is 0.282. The lowest BCUT2D eigenvalue weighted by Gasteiger charge is -2.36. The van der Waals surface area contributed by atoms with Gasteiger partial charge in [-0.15, -0.1) is 11.3 Å². The highest BCUT2D eigenvalue weighted by molar-refractivity contribution is 7.16. The summed E-state index contributed by atoms with van der Waals surface area (Å²) >= 11 is 1.69. The topological polar surface area (TPSA) is 39.7 Å². The summed E-state index contributed by atoms with van der Waals surface area (Å²) in [6, 6.07) is 13.9. The quantitative estimate of drug-likeness (QED) is 0.577. The molecule has 0 spiro atoms. The predicted octanol–water partition coefficient (Wildman–Crippen LogP) is 5.38. The molecule has 0 aliphatic carbocycles. The number of hydrogen-bond acceptors (Lipinski definition) is 5. The van der Waals surface area contributed by atoms with Crippen molar-refractivity contribution in [2.45, 2.75) is 25.8 Å². The van der Waals surface area contributed by atoms with Crippen molar-refractivity contribution in [1.82, 2.24) is 10.2 Å². The van der Waals surface area contributed by atoms with Gasteiger partial charge >= 0.3 is 0 Å². The molecule has 0 bridgehead atoms. The largest absolute Gasteiger partial charge is 0.353 e. The van der Waals surface area contributed by atoms with E-state index in [0.29, 0.717) is 5.69 Å². The van der Waals surface area contributed by atoms with Crippen molar-refractivity contribution in [3.63, 3.8) is 0 Å². The number of aliphatic imine (C=N–C) groups is 1. The normalized spacial score (nSPS) is 18.0. The van der Waals surface area contributed by atoms with E-state index in [1.807, 2.05) is 6.07 Å². The van der Waals surface area contributed by atoms with Gasteiger partial charge in [0.2, 0.25) is 0 Å². The van der Waals surface area contributed by atoms with Crippen LogP contribution in [0, 0.1) is 18.6 Å². The number of fused-ring (bicyclic) bond motifs is 2. The Labute approximate surface area is 184 Å².